The van der Waals surface area contributed by atoms with Gasteiger partial charge in [-0.05, 0) is 38.3 Å². The Bertz CT molecular complexity index is 910. The summed E-state index contributed by atoms with van der Waals surface area (Å²) >= 11 is 4.29. The van der Waals surface area contributed by atoms with Gasteiger partial charge in [0.05, 0.1) is 17.9 Å². The monoisotopic (exact) mass is 392 g/mol. The van der Waals surface area contributed by atoms with E-state index in [4.69, 9.17) is 4.74 Å². The van der Waals surface area contributed by atoms with E-state index in [1.54, 1.807) is 24.3 Å². The highest BCUT2D eigenvalue weighted by molar-refractivity contribution is 7.18. The maximum absolute atomic E-state index is 12.7. The average Bonchev–Trinajstić information content (AvgIpc) is 3.27. The van der Waals surface area contributed by atoms with Crippen LogP contribution < -0.4 is 5.32 Å². The van der Waals surface area contributed by atoms with Gasteiger partial charge in [0.2, 0.25) is 0 Å². The number of aryl methyl sites for hydroxylation is 2. The summed E-state index contributed by atoms with van der Waals surface area (Å²) in [6.45, 7) is 5.74. The summed E-state index contributed by atoms with van der Waals surface area (Å²) in [5.74, 6) is -0.689. The van der Waals surface area contributed by atoms with Crippen LogP contribution in [0.4, 0.5) is 5.00 Å². The first-order chi connectivity index (χ1) is 12.0. The Morgan fingerprint density at radius 1 is 1.28 bits per heavy atom. The molecular formula is C17H16N2O3S3. The predicted octanol–water partition coefficient (Wildman–Crippen LogP) is 4.98. The molecule has 5 nitrogen and oxygen atoms in total. The first-order valence-corrected chi connectivity index (χ1v) is 10.2. The fraction of sp³-hybridized carbons (Fsp3) is 0.235. The Hall–Kier alpha value is -2.03. The molecule has 3 aromatic rings. The van der Waals surface area contributed by atoms with E-state index in [2.05, 4.69) is 10.3 Å². The minimum absolute atomic E-state index is 0.260. The Morgan fingerprint density at radius 3 is 2.76 bits per heavy atom. The molecule has 0 bridgehead atoms. The molecule has 0 aliphatic rings. The van der Waals surface area contributed by atoms with Crippen LogP contribution >= 0.6 is 34.0 Å². The summed E-state index contributed by atoms with van der Waals surface area (Å²) in [6, 6.07) is 3.71. The molecule has 1 amide bonds. The molecule has 8 heteroatoms. The van der Waals surface area contributed by atoms with Crippen LogP contribution in [0.3, 0.4) is 0 Å². The van der Waals surface area contributed by atoms with Crippen molar-refractivity contribution >= 4 is 50.9 Å². The lowest BCUT2D eigenvalue weighted by atomic mass is 10.3. The fourth-order valence-electron chi connectivity index (χ4n) is 2.24. The number of nitrogens with zero attached hydrogens (tertiary/aromatic N) is 1. The minimum Gasteiger partial charge on any atom is -0.462 e. The van der Waals surface area contributed by atoms with Gasteiger partial charge >= 0.3 is 5.97 Å². The number of thiazole rings is 1. The van der Waals surface area contributed by atoms with Crippen molar-refractivity contribution in [3.63, 3.8) is 0 Å². The van der Waals surface area contributed by atoms with Gasteiger partial charge in [-0.15, -0.1) is 22.7 Å². The van der Waals surface area contributed by atoms with Crippen LogP contribution in [0.25, 0.3) is 10.6 Å². The van der Waals surface area contributed by atoms with Crippen LogP contribution in [0, 0.1) is 13.8 Å². The third-order valence-corrected chi connectivity index (χ3v) is 6.20. The first-order valence-electron chi connectivity index (χ1n) is 7.58. The molecule has 3 aromatic heterocycles. The lowest BCUT2D eigenvalue weighted by molar-refractivity contribution is 0.0528. The molecule has 0 saturated carbocycles. The van der Waals surface area contributed by atoms with Gasteiger partial charge in [-0.3, -0.25) is 4.79 Å². The summed E-state index contributed by atoms with van der Waals surface area (Å²) in [7, 11) is 0. The standard InChI is InChI=1S/C17H16N2O3S3/c1-4-22-17(21)12-7-9(2)24-16(12)19-14(20)13-10(3)18-15(25-13)11-5-6-23-8-11/h5-8H,4H2,1-3H3,(H,19,20). The lowest BCUT2D eigenvalue weighted by Crippen LogP contribution is -2.14. The number of anilines is 1. The number of thiophene rings is 2. The largest absolute Gasteiger partial charge is 0.462 e. The fourth-order valence-corrected chi connectivity index (χ4v) is 4.81. The van der Waals surface area contributed by atoms with Crippen molar-refractivity contribution in [2.24, 2.45) is 0 Å². The van der Waals surface area contributed by atoms with E-state index >= 15 is 0 Å². The molecule has 3 rings (SSSR count). The van der Waals surface area contributed by atoms with Crippen molar-refractivity contribution in [3.05, 3.63) is 43.9 Å². The maximum Gasteiger partial charge on any atom is 0.341 e. The van der Waals surface area contributed by atoms with Crippen LogP contribution in [0.5, 0.6) is 0 Å². The van der Waals surface area contributed by atoms with Gasteiger partial charge in [0, 0.05) is 15.8 Å². The topological polar surface area (TPSA) is 68.3 Å². The molecule has 0 unspecified atom stereocenters. The molecule has 0 spiro atoms. The Labute approximate surface area is 157 Å². The van der Waals surface area contributed by atoms with Gasteiger partial charge < -0.3 is 10.1 Å². The predicted molar refractivity (Wildman–Crippen MR) is 103 cm³/mol. The maximum atomic E-state index is 12.7. The summed E-state index contributed by atoms with van der Waals surface area (Å²) in [5.41, 5.74) is 2.07. The number of rotatable bonds is 5. The molecule has 0 atom stereocenters. The number of aromatic nitrogens is 1. The smallest absolute Gasteiger partial charge is 0.341 e. The normalized spacial score (nSPS) is 10.7. The van der Waals surface area contributed by atoms with E-state index in [9.17, 15) is 9.59 Å². The number of amides is 1. The number of hydrogen-bond donors (Lipinski definition) is 1. The zero-order valence-electron chi connectivity index (χ0n) is 13.9. The summed E-state index contributed by atoms with van der Waals surface area (Å²) in [4.78, 5) is 30.7. The second kappa shape index (κ2) is 7.47. The van der Waals surface area contributed by atoms with Gasteiger partial charge in [-0.1, -0.05) is 0 Å². The minimum atomic E-state index is -0.429. The van der Waals surface area contributed by atoms with Crippen LogP contribution in [0.15, 0.2) is 22.9 Å². The zero-order valence-corrected chi connectivity index (χ0v) is 16.4. The number of ether oxygens (including phenoxy) is 1. The van der Waals surface area contributed by atoms with Crippen molar-refractivity contribution in [2.45, 2.75) is 20.8 Å². The van der Waals surface area contributed by atoms with E-state index in [1.807, 2.05) is 30.7 Å². The van der Waals surface area contributed by atoms with Crippen LogP contribution in [-0.4, -0.2) is 23.5 Å². The van der Waals surface area contributed by atoms with E-state index in [0.29, 0.717) is 27.7 Å². The van der Waals surface area contributed by atoms with E-state index in [1.165, 1.54) is 22.7 Å². The molecule has 25 heavy (non-hydrogen) atoms. The number of carbonyl (C=O) groups is 2. The van der Waals surface area contributed by atoms with Gasteiger partial charge in [-0.25, -0.2) is 9.78 Å². The number of carbonyl (C=O) groups excluding carboxylic acids is 2. The summed E-state index contributed by atoms with van der Waals surface area (Å²) in [5, 5.41) is 8.14. The van der Waals surface area contributed by atoms with Crippen LogP contribution in [-0.2, 0) is 4.74 Å². The first kappa shape index (κ1) is 17.8. The molecule has 0 radical (unpaired) electrons. The zero-order chi connectivity index (χ0) is 18.0. The molecule has 1 N–H and O–H groups in total. The van der Waals surface area contributed by atoms with Crippen molar-refractivity contribution in [1.82, 2.24) is 4.98 Å². The van der Waals surface area contributed by atoms with Crippen molar-refractivity contribution in [1.29, 1.82) is 0 Å². The SMILES string of the molecule is CCOC(=O)c1cc(C)sc1NC(=O)c1sc(-c2ccsc2)nc1C. The lowest BCUT2D eigenvalue weighted by Gasteiger charge is -2.05. The van der Waals surface area contributed by atoms with E-state index in [0.717, 1.165) is 15.4 Å². The molecule has 0 aliphatic carbocycles. The van der Waals surface area contributed by atoms with E-state index in [-0.39, 0.29) is 5.91 Å². The molecular weight excluding hydrogens is 376 g/mol. The van der Waals surface area contributed by atoms with Crippen molar-refractivity contribution in [3.8, 4) is 10.6 Å². The van der Waals surface area contributed by atoms with Crippen molar-refractivity contribution in [2.75, 3.05) is 11.9 Å². The average molecular weight is 393 g/mol. The molecule has 3 heterocycles. The number of nitrogens with one attached hydrogen (secondary N) is 1. The van der Waals surface area contributed by atoms with Gasteiger partial charge in [0.15, 0.2) is 0 Å². The number of esters is 1. The second-order valence-electron chi connectivity index (χ2n) is 5.22. The van der Waals surface area contributed by atoms with Gasteiger partial charge in [-0.2, -0.15) is 11.3 Å². The third-order valence-electron chi connectivity index (χ3n) is 3.35. The third kappa shape index (κ3) is 3.81. The molecule has 0 fully saturated rings. The molecule has 0 aromatic carbocycles. The highest BCUT2D eigenvalue weighted by atomic mass is 32.1. The molecule has 0 saturated heterocycles. The summed E-state index contributed by atoms with van der Waals surface area (Å²) in [6.07, 6.45) is 0. The number of hydrogen-bond acceptors (Lipinski definition) is 7. The Balaban J connectivity index is 1.85. The van der Waals surface area contributed by atoms with Crippen molar-refractivity contribution < 1.29 is 14.3 Å². The van der Waals surface area contributed by atoms with E-state index < -0.39 is 5.97 Å². The summed E-state index contributed by atoms with van der Waals surface area (Å²) < 4.78 is 5.05. The Kier molecular flexibility index (Phi) is 5.31. The van der Waals surface area contributed by atoms with Crippen LogP contribution in [0.2, 0.25) is 0 Å². The van der Waals surface area contributed by atoms with Gasteiger partial charge in [0.1, 0.15) is 14.9 Å². The highest BCUT2D eigenvalue weighted by Gasteiger charge is 2.21. The van der Waals surface area contributed by atoms with Crippen LogP contribution in [0.1, 0.15) is 37.5 Å². The quantitative estimate of drug-likeness (QED) is 0.622. The second-order valence-corrected chi connectivity index (χ2v) is 8.26. The molecule has 0 aliphatic heterocycles. The van der Waals surface area contributed by atoms with Gasteiger partial charge in [0.25, 0.3) is 5.91 Å². The highest BCUT2D eigenvalue weighted by Crippen LogP contribution is 2.32. The molecule has 130 valence electrons. The Morgan fingerprint density at radius 2 is 2.08 bits per heavy atom.